The summed E-state index contributed by atoms with van der Waals surface area (Å²) >= 11 is 0. The number of hydrogen-bond acceptors (Lipinski definition) is 6. The molecule has 0 spiro atoms. The third-order valence-electron chi connectivity index (χ3n) is 4.49. The Labute approximate surface area is 207 Å². The molecule has 0 heterocycles. The molecule has 2 aromatic carbocycles. The average molecular weight is 525 g/mol. The lowest BCUT2D eigenvalue weighted by Crippen LogP contribution is -2.30. The second-order valence-electron chi connectivity index (χ2n) is 8.55. The van der Waals surface area contributed by atoms with Gasteiger partial charge in [0.05, 0.1) is 9.79 Å². The summed E-state index contributed by atoms with van der Waals surface area (Å²) in [6.45, 7) is 6.89. The highest BCUT2D eigenvalue weighted by Gasteiger charge is 2.16. The Morgan fingerprint density at radius 1 is 0.629 bits per heavy atom. The zero-order chi connectivity index (χ0) is 26.2. The van der Waals surface area contributed by atoms with Crippen molar-refractivity contribution in [2.75, 3.05) is 10.6 Å². The minimum absolute atomic E-state index is 0.0976. The first-order valence-electron chi connectivity index (χ1n) is 11.1. The van der Waals surface area contributed by atoms with Crippen molar-refractivity contribution in [1.29, 1.82) is 0 Å². The maximum Gasteiger partial charge on any atom is 0.240 e. The average Bonchev–Trinajstić information content (AvgIpc) is 2.72. The minimum atomic E-state index is -3.61. The van der Waals surface area contributed by atoms with Crippen LogP contribution in [0.1, 0.15) is 47.0 Å². The maximum atomic E-state index is 12.2. The van der Waals surface area contributed by atoms with Gasteiger partial charge in [-0.3, -0.25) is 9.59 Å². The largest absolute Gasteiger partial charge is 0.326 e. The normalized spacial score (nSPS) is 12.1. The van der Waals surface area contributed by atoms with E-state index < -0.39 is 20.0 Å². The van der Waals surface area contributed by atoms with E-state index in [1.807, 2.05) is 0 Å². The predicted octanol–water partition coefficient (Wildman–Crippen LogP) is 2.81. The van der Waals surface area contributed by atoms with Crippen LogP contribution in [-0.4, -0.2) is 40.7 Å². The molecule has 4 N–H and O–H groups in total. The van der Waals surface area contributed by atoms with Crippen LogP contribution < -0.4 is 20.1 Å². The molecule has 0 aromatic heterocycles. The molecule has 192 valence electrons. The monoisotopic (exact) mass is 524 g/mol. The number of rotatable bonds is 12. The van der Waals surface area contributed by atoms with E-state index in [2.05, 4.69) is 20.1 Å². The summed E-state index contributed by atoms with van der Waals surface area (Å²) in [5, 5.41) is 5.34. The second kappa shape index (κ2) is 12.2. The summed E-state index contributed by atoms with van der Waals surface area (Å²) in [4.78, 5) is 24.5. The van der Waals surface area contributed by atoms with Crippen molar-refractivity contribution in [2.45, 2.75) is 68.8 Å². The van der Waals surface area contributed by atoms with Crippen LogP contribution in [0.25, 0.3) is 0 Å². The van der Waals surface area contributed by atoms with Gasteiger partial charge in [0.1, 0.15) is 0 Å². The molecule has 0 aliphatic heterocycles. The molecule has 0 fully saturated rings. The summed E-state index contributed by atoms with van der Waals surface area (Å²) in [5.41, 5.74) is 0.898. The Balaban J connectivity index is 1.79. The molecule has 0 radical (unpaired) electrons. The van der Waals surface area contributed by atoms with E-state index >= 15 is 0 Å². The molecule has 0 saturated carbocycles. The fourth-order valence-corrected chi connectivity index (χ4v) is 5.55. The Morgan fingerprint density at radius 2 is 0.943 bits per heavy atom. The van der Waals surface area contributed by atoms with Crippen molar-refractivity contribution in [3.8, 4) is 0 Å². The van der Waals surface area contributed by atoms with Crippen LogP contribution in [0.5, 0.6) is 0 Å². The van der Waals surface area contributed by atoms with E-state index in [9.17, 15) is 26.4 Å². The van der Waals surface area contributed by atoms with Crippen LogP contribution in [0.15, 0.2) is 58.3 Å². The summed E-state index contributed by atoms with van der Waals surface area (Å²) in [7, 11) is -7.22. The zero-order valence-corrected chi connectivity index (χ0v) is 21.8. The second-order valence-corrected chi connectivity index (χ2v) is 12.0. The van der Waals surface area contributed by atoms with E-state index in [-0.39, 0.29) is 46.5 Å². The van der Waals surface area contributed by atoms with Crippen LogP contribution in [0.2, 0.25) is 0 Å². The van der Waals surface area contributed by atoms with E-state index in [4.69, 9.17) is 0 Å². The van der Waals surface area contributed by atoms with Gasteiger partial charge in [-0.15, -0.1) is 0 Å². The summed E-state index contributed by atoms with van der Waals surface area (Å²) in [6, 6.07) is 11.2. The van der Waals surface area contributed by atoms with Gasteiger partial charge in [0.15, 0.2) is 0 Å². The van der Waals surface area contributed by atoms with Crippen LogP contribution >= 0.6 is 0 Å². The summed E-state index contributed by atoms with van der Waals surface area (Å²) in [6.07, 6.45) is 0.494. The Kier molecular flexibility index (Phi) is 9.95. The maximum absolute atomic E-state index is 12.2. The van der Waals surface area contributed by atoms with E-state index in [0.29, 0.717) is 17.8 Å². The topological polar surface area (TPSA) is 151 Å². The molecule has 0 unspecified atom stereocenters. The van der Waals surface area contributed by atoms with Gasteiger partial charge in [0.25, 0.3) is 0 Å². The van der Waals surface area contributed by atoms with E-state index in [1.54, 1.807) is 27.7 Å². The van der Waals surface area contributed by atoms with Gasteiger partial charge in [-0.05, 0) is 82.6 Å². The van der Waals surface area contributed by atoms with Crippen molar-refractivity contribution < 1.29 is 26.4 Å². The number of carbonyl (C=O) groups excluding carboxylic acids is 2. The minimum Gasteiger partial charge on any atom is -0.326 e. The summed E-state index contributed by atoms with van der Waals surface area (Å²) in [5.74, 6) is -0.609. The molecule has 2 aromatic rings. The van der Waals surface area contributed by atoms with Crippen LogP contribution in [-0.2, 0) is 29.6 Å². The van der Waals surface area contributed by atoms with Crippen molar-refractivity contribution in [1.82, 2.24) is 9.44 Å². The summed E-state index contributed by atoms with van der Waals surface area (Å²) < 4.78 is 53.6. The van der Waals surface area contributed by atoms with Gasteiger partial charge in [0.2, 0.25) is 31.9 Å². The van der Waals surface area contributed by atoms with Crippen molar-refractivity contribution in [3.63, 3.8) is 0 Å². The van der Waals surface area contributed by atoms with Crippen LogP contribution in [0.3, 0.4) is 0 Å². The number of anilines is 2. The molecular weight excluding hydrogens is 492 g/mol. The molecule has 2 rings (SSSR count). The van der Waals surface area contributed by atoms with Gasteiger partial charge in [-0.2, -0.15) is 0 Å². The lowest BCUT2D eigenvalue weighted by molar-refractivity contribution is -0.117. The molecular formula is C23H32N4O6S2. The van der Waals surface area contributed by atoms with Gasteiger partial charge in [-0.25, -0.2) is 26.3 Å². The van der Waals surface area contributed by atoms with Crippen LogP contribution in [0.4, 0.5) is 11.4 Å². The number of carbonyl (C=O) groups is 2. The standard InChI is InChI=1S/C23H32N4O6S2/c1-16(2)26-34(30,31)20-12-8-18(9-13-20)24-22(28)6-5-7-23(29)25-19-10-14-21(15-11-19)35(32,33)27-17(3)4/h8-17,26-27H,5-7H2,1-4H3,(H,24,28)(H,25,29). The van der Waals surface area contributed by atoms with E-state index in [0.717, 1.165) is 0 Å². The van der Waals surface area contributed by atoms with Gasteiger partial charge in [0, 0.05) is 36.3 Å². The van der Waals surface area contributed by atoms with Crippen molar-refractivity contribution in [3.05, 3.63) is 48.5 Å². The Hall–Kier alpha value is -2.80. The SMILES string of the molecule is CC(C)NS(=O)(=O)c1ccc(NC(=O)CCCC(=O)Nc2ccc(S(=O)(=O)NC(C)C)cc2)cc1. The first kappa shape index (κ1) is 28.4. The molecule has 0 aliphatic carbocycles. The lowest BCUT2D eigenvalue weighted by Gasteiger charge is -2.11. The number of nitrogens with one attached hydrogen (secondary N) is 4. The lowest BCUT2D eigenvalue weighted by atomic mass is 10.2. The molecule has 0 aliphatic rings. The highest BCUT2D eigenvalue weighted by molar-refractivity contribution is 7.89. The number of hydrogen-bond donors (Lipinski definition) is 4. The quantitative estimate of drug-likeness (QED) is 0.335. The van der Waals surface area contributed by atoms with Gasteiger partial charge >= 0.3 is 0 Å². The third-order valence-corrected chi connectivity index (χ3v) is 7.84. The van der Waals surface area contributed by atoms with E-state index in [1.165, 1.54) is 48.5 Å². The van der Waals surface area contributed by atoms with Crippen molar-refractivity contribution >= 4 is 43.2 Å². The Morgan fingerprint density at radius 3 is 1.23 bits per heavy atom. The van der Waals surface area contributed by atoms with Gasteiger partial charge < -0.3 is 10.6 Å². The molecule has 0 bridgehead atoms. The fraction of sp³-hybridized carbons (Fsp3) is 0.391. The van der Waals surface area contributed by atoms with Crippen LogP contribution in [0, 0.1) is 0 Å². The molecule has 10 nitrogen and oxygen atoms in total. The molecule has 0 atom stereocenters. The first-order valence-corrected chi connectivity index (χ1v) is 14.1. The van der Waals surface area contributed by atoms with Gasteiger partial charge in [-0.1, -0.05) is 0 Å². The molecule has 12 heteroatoms. The highest BCUT2D eigenvalue weighted by Crippen LogP contribution is 2.16. The van der Waals surface area contributed by atoms with Crippen molar-refractivity contribution in [2.24, 2.45) is 0 Å². The predicted molar refractivity (Wildman–Crippen MR) is 135 cm³/mol. The molecule has 35 heavy (non-hydrogen) atoms. The third kappa shape index (κ3) is 9.40. The number of sulfonamides is 2. The molecule has 0 saturated heterocycles. The fourth-order valence-electron chi connectivity index (χ4n) is 3.05. The smallest absolute Gasteiger partial charge is 0.240 e. The Bertz CT molecular complexity index is 1130. The first-order chi connectivity index (χ1) is 16.3. The zero-order valence-electron chi connectivity index (χ0n) is 20.2. The number of amides is 2. The number of benzene rings is 2. The molecule has 2 amide bonds. The highest BCUT2D eigenvalue weighted by atomic mass is 32.2.